The number of carbonyl (C=O) groups excluding carboxylic acids is 15. The van der Waals surface area contributed by atoms with Crippen LogP contribution in [0.1, 0.15) is 103 Å². The predicted molar refractivity (Wildman–Crippen MR) is 364 cm³/mol. The van der Waals surface area contributed by atoms with Crippen molar-refractivity contribution in [1.29, 1.82) is 0 Å². The van der Waals surface area contributed by atoms with Gasteiger partial charge in [-0.3, -0.25) is 76.7 Å². The summed E-state index contributed by atoms with van der Waals surface area (Å²) in [5, 5.41) is 44.9. The summed E-state index contributed by atoms with van der Waals surface area (Å²) in [6.45, 7) is 8.09. The Labute approximate surface area is 588 Å². The number of nitrogens with one attached hydrogen (secondary N) is 10. The van der Waals surface area contributed by atoms with Crippen molar-refractivity contribution in [3.8, 4) is 0 Å². The Balaban J connectivity index is 1.22. The fourth-order valence-corrected chi connectivity index (χ4v) is 11.5. The molecule has 2 aliphatic rings. The van der Waals surface area contributed by atoms with Gasteiger partial charge >= 0.3 is 5.97 Å². The minimum absolute atomic E-state index is 0.0181. The Morgan fingerprint density at radius 2 is 0.843 bits per heavy atom. The summed E-state index contributed by atoms with van der Waals surface area (Å²) < 4.78 is 0. The molecule has 1 unspecified atom stereocenters. The highest BCUT2D eigenvalue weighted by atomic mass is 16.4. The maximum atomic E-state index is 14.5. The molecular weight excluding hydrogens is 1330 g/mol. The van der Waals surface area contributed by atoms with E-state index in [9.17, 15) is 81.8 Å². The molecule has 0 aliphatic carbocycles. The summed E-state index contributed by atoms with van der Waals surface area (Å²) in [6, 6.07) is 8.24. The van der Waals surface area contributed by atoms with Crippen LogP contribution in [0.5, 0.6) is 0 Å². The van der Waals surface area contributed by atoms with E-state index in [1.165, 1.54) is 25.7 Å². The molecule has 2 aliphatic heterocycles. The van der Waals surface area contributed by atoms with Gasteiger partial charge in [-0.15, -0.1) is 0 Å². The van der Waals surface area contributed by atoms with E-state index in [0.717, 1.165) is 17.4 Å². The highest BCUT2D eigenvalue weighted by Gasteiger charge is 2.43. The molecule has 5 rings (SSSR count). The lowest BCUT2D eigenvalue weighted by Gasteiger charge is -2.33. The highest BCUT2D eigenvalue weighted by Crippen LogP contribution is 2.23. The van der Waals surface area contributed by atoms with Crippen molar-refractivity contribution in [2.24, 2.45) is 34.8 Å². The maximum absolute atomic E-state index is 14.5. The van der Waals surface area contributed by atoms with E-state index in [0.29, 0.717) is 17.5 Å². The van der Waals surface area contributed by atoms with E-state index in [-0.39, 0.29) is 51.6 Å². The SMILES string of the molecule is CC(C)[C@H](NC(=O)[C@H](CC(N)=O)NC(=O)[C@@H](NC(=O)[C@@H]1CCCN1C(=O)[C@@H](NC(=O)[C@H](Cc1ccccc1)NC(=O)[C@H](CC(N)=O)NC(=O)[C@@H](N)CC(=O)O)C(C)C)C(C)O)C(=O)NCC(=O)N1CCC[C@H]1C(=O)N[C@@H](Cc1ccccc1)C(=O)N[C@@H](C)C(=O)N[C@@H](Cc1ccccc1)C(N)=O. The summed E-state index contributed by atoms with van der Waals surface area (Å²) in [5.74, 6) is -16.9. The normalized spacial score (nSPS) is 17.4. The van der Waals surface area contributed by atoms with Crippen LogP contribution in [0.2, 0.25) is 0 Å². The van der Waals surface area contributed by atoms with E-state index < -0.39 is 211 Å². The number of benzene rings is 3. The average molecular weight is 1420 g/mol. The summed E-state index contributed by atoms with van der Waals surface area (Å²) in [7, 11) is 0. The Kier molecular flexibility index (Phi) is 31.4. The number of primary amides is 3. The number of hydrogen-bond donors (Lipinski definition) is 16. The molecule has 0 aromatic heterocycles. The van der Waals surface area contributed by atoms with Gasteiger partial charge in [0.25, 0.3) is 0 Å². The Morgan fingerprint density at radius 1 is 0.441 bits per heavy atom. The number of aliphatic hydroxyl groups excluding tert-OH is 1. The summed E-state index contributed by atoms with van der Waals surface area (Å²) in [6.07, 6.45) is -3.58. The van der Waals surface area contributed by atoms with Crippen molar-refractivity contribution in [3.63, 3.8) is 0 Å². The van der Waals surface area contributed by atoms with Crippen LogP contribution in [0.25, 0.3) is 0 Å². The first-order valence-electron chi connectivity index (χ1n) is 33.4. The molecule has 2 heterocycles. The Bertz CT molecular complexity index is 3510. The zero-order valence-corrected chi connectivity index (χ0v) is 57.6. The lowest BCUT2D eigenvalue weighted by molar-refractivity contribution is -0.144. The van der Waals surface area contributed by atoms with Gasteiger partial charge in [-0.25, -0.2) is 0 Å². The number of hydrogen-bond acceptors (Lipinski definition) is 18. The topological polar surface area (TPSA) is 544 Å². The lowest BCUT2D eigenvalue weighted by atomic mass is 9.99. The van der Waals surface area contributed by atoms with E-state index >= 15 is 0 Å². The third-order valence-electron chi connectivity index (χ3n) is 17.0. The van der Waals surface area contributed by atoms with Gasteiger partial charge < -0.3 is 96.1 Å². The predicted octanol–water partition coefficient (Wildman–Crippen LogP) is -5.07. The molecule has 102 heavy (non-hydrogen) atoms. The fraction of sp³-hybridized carbons (Fsp3) is 0.500. The molecule has 0 radical (unpaired) electrons. The van der Waals surface area contributed by atoms with Crippen molar-refractivity contribution in [2.75, 3.05) is 19.6 Å². The van der Waals surface area contributed by atoms with Crippen molar-refractivity contribution in [2.45, 2.75) is 184 Å². The number of likely N-dealkylation sites (tertiary alicyclic amines) is 2. The number of carboxylic acids is 1. The van der Waals surface area contributed by atoms with Crippen LogP contribution in [0.4, 0.5) is 0 Å². The fourth-order valence-electron chi connectivity index (χ4n) is 11.5. The Morgan fingerprint density at radius 3 is 1.31 bits per heavy atom. The van der Waals surface area contributed by atoms with Gasteiger partial charge in [0.05, 0.1) is 38.0 Å². The van der Waals surface area contributed by atoms with Crippen molar-refractivity contribution in [1.82, 2.24) is 63.0 Å². The molecule has 3 aromatic carbocycles. The van der Waals surface area contributed by atoms with Crippen LogP contribution in [0, 0.1) is 11.8 Å². The molecule has 13 atom stereocenters. The average Bonchev–Trinajstić information content (AvgIpc) is 1.60. The highest BCUT2D eigenvalue weighted by molar-refractivity contribution is 6.01. The van der Waals surface area contributed by atoms with Gasteiger partial charge in [0.15, 0.2) is 0 Å². The zero-order chi connectivity index (χ0) is 75.7. The zero-order valence-electron chi connectivity index (χ0n) is 57.6. The molecule has 2 saturated heterocycles. The van der Waals surface area contributed by atoms with Gasteiger partial charge in [0.2, 0.25) is 88.6 Å². The minimum atomic E-state index is -1.87. The molecule has 3 aromatic rings. The minimum Gasteiger partial charge on any atom is -0.481 e. The van der Waals surface area contributed by atoms with E-state index in [2.05, 4.69) is 53.2 Å². The first kappa shape index (κ1) is 81.8. The van der Waals surface area contributed by atoms with Gasteiger partial charge in [0, 0.05) is 32.4 Å². The maximum Gasteiger partial charge on any atom is 0.305 e. The molecule has 15 amide bonds. The molecule has 34 heteroatoms. The number of nitrogens with zero attached hydrogens (tertiary/aromatic N) is 2. The number of carbonyl (C=O) groups is 16. The van der Waals surface area contributed by atoms with Crippen LogP contribution in [0.3, 0.4) is 0 Å². The van der Waals surface area contributed by atoms with Gasteiger partial charge in [-0.1, -0.05) is 119 Å². The molecule has 20 N–H and O–H groups in total. The van der Waals surface area contributed by atoms with Crippen LogP contribution < -0.4 is 76.1 Å². The van der Waals surface area contributed by atoms with Crippen LogP contribution in [-0.2, 0) is 96.0 Å². The molecule has 0 saturated carbocycles. The van der Waals surface area contributed by atoms with Crippen molar-refractivity contribution in [3.05, 3.63) is 108 Å². The lowest BCUT2D eigenvalue weighted by Crippen LogP contribution is -2.62. The van der Waals surface area contributed by atoms with E-state index in [1.54, 1.807) is 105 Å². The first-order valence-corrected chi connectivity index (χ1v) is 33.4. The third-order valence-corrected chi connectivity index (χ3v) is 17.0. The van der Waals surface area contributed by atoms with Crippen LogP contribution in [0.15, 0.2) is 91.0 Å². The molecule has 34 nitrogen and oxygen atoms in total. The second-order valence-corrected chi connectivity index (χ2v) is 25.9. The van der Waals surface area contributed by atoms with E-state index in [4.69, 9.17) is 28.0 Å². The number of rotatable bonds is 38. The third kappa shape index (κ3) is 25.1. The summed E-state index contributed by atoms with van der Waals surface area (Å²) >= 11 is 0. The van der Waals surface area contributed by atoms with Crippen LogP contribution >= 0.6 is 0 Å². The van der Waals surface area contributed by atoms with Crippen molar-refractivity contribution < 1.29 is 86.9 Å². The summed E-state index contributed by atoms with van der Waals surface area (Å²) in [5.41, 5.74) is 24.0. The largest absolute Gasteiger partial charge is 0.481 e. The molecule has 554 valence electrons. The first-order chi connectivity index (χ1) is 48.1. The standard InChI is InChI=1S/C68H94N16O18/c1-35(2)54(66(100)73-34-52(88)83-26-16-24-48(83)64(98)78-44(29-40-20-12-8-13-21-40)60(94)74-37(5)58(92)75-43(57(72)91)28-39-18-10-7-11-19-39)80-63(97)47(33-51(71)87)79-67(101)56(38(6)85)82-65(99)49-25-17-27-84(49)68(102)55(36(3)4)81-62(96)45(30-41-22-14-9-15-23-41)77-61(95)46(32-50(70)86)76-59(93)42(69)31-53(89)90/h7-15,18-23,35-38,42-49,54-56,85H,16-17,24-34,69H2,1-6H3,(H2,70,86)(H2,71,87)(H2,72,91)(H,73,100)(H,74,94)(H,75,92)(H,76,93)(H,77,95)(H,78,98)(H,79,101)(H,80,97)(H,81,96)(H,82,99)(H,89,90)/t37-,38?,42-,43-,44-,45-,46-,47-,48-,49-,54-,55-,56-/m0/s1. The Hall–Kier alpha value is -10.9. The van der Waals surface area contributed by atoms with Gasteiger partial charge in [-0.05, 0) is 68.1 Å². The molecule has 2 fully saturated rings. The second kappa shape index (κ2) is 39.2. The summed E-state index contributed by atoms with van der Waals surface area (Å²) in [4.78, 5) is 217. The number of carboxylic acid groups (broad SMARTS) is 1. The molecule has 0 spiro atoms. The number of amides is 15. The second-order valence-electron chi connectivity index (χ2n) is 25.9. The number of aliphatic hydroxyl groups is 1. The van der Waals surface area contributed by atoms with Gasteiger partial charge in [0.1, 0.15) is 66.5 Å². The van der Waals surface area contributed by atoms with E-state index in [1.807, 2.05) is 0 Å². The smallest absolute Gasteiger partial charge is 0.305 e. The van der Waals surface area contributed by atoms with Gasteiger partial charge in [-0.2, -0.15) is 0 Å². The van der Waals surface area contributed by atoms with Crippen molar-refractivity contribution >= 4 is 94.6 Å². The molecule has 0 bridgehead atoms. The molecular formula is C68H94N16O18. The van der Waals surface area contributed by atoms with Crippen LogP contribution in [-0.4, -0.2) is 213 Å². The number of nitrogens with two attached hydrogens (primary N) is 4. The quantitative estimate of drug-likeness (QED) is 0.0255. The number of aliphatic carboxylic acids is 1. The monoisotopic (exact) mass is 1420 g/mol.